The molecule has 0 aliphatic heterocycles. The molecule has 6 nitrogen and oxygen atoms in total. The summed E-state index contributed by atoms with van der Waals surface area (Å²) in [6, 6.07) is 1.73. The number of Topliss-reactive ketones (excluding diaryl/α,β-unsaturated/α-hetero) is 1. The SMILES string of the molecule is CCc1nc2cc(NCCN(C)C)c(Cl)c(C(=O)C=O)c2o1. The van der Waals surface area contributed by atoms with E-state index in [-0.39, 0.29) is 22.5 Å². The van der Waals surface area contributed by atoms with Crippen LogP contribution in [0.2, 0.25) is 5.02 Å². The van der Waals surface area contributed by atoms with E-state index in [2.05, 4.69) is 10.3 Å². The van der Waals surface area contributed by atoms with Crippen molar-refractivity contribution < 1.29 is 14.0 Å². The van der Waals surface area contributed by atoms with Crippen LogP contribution in [0.5, 0.6) is 0 Å². The minimum absolute atomic E-state index is 0.0636. The predicted molar refractivity (Wildman–Crippen MR) is 85.8 cm³/mol. The van der Waals surface area contributed by atoms with Gasteiger partial charge in [0, 0.05) is 19.5 Å². The van der Waals surface area contributed by atoms with Gasteiger partial charge < -0.3 is 14.6 Å². The van der Waals surface area contributed by atoms with E-state index in [9.17, 15) is 9.59 Å². The van der Waals surface area contributed by atoms with Crippen LogP contribution >= 0.6 is 11.6 Å². The number of fused-ring (bicyclic) bond motifs is 1. The number of oxazole rings is 1. The zero-order chi connectivity index (χ0) is 16.3. The highest BCUT2D eigenvalue weighted by Crippen LogP contribution is 2.34. The monoisotopic (exact) mass is 323 g/mol. The molecule has 0 spiro atoms. The number of ketones is 1. The van der Waals surface area contributed by atoms with Crippen LogP contribution in [0.3, 0.4) is 0 Å². The molecule has 22 heavy (non-hydrogen) atoms. The second kappa shape index (κ2) is 6.89. The van der Waals surface area contributed by atoms with Gasteiger partial charge in [-0.05, 0) is 20.2 Å². The maximum atomic E-state index is 11.9. The van der Waals surface area contributed by atoms with E-state index in [0.29, 0.717) is 30.1 Å². The fraction of sp³-hybridized carbons (Fsp3) is 0.400. The molecule has 7 heteroatoms. The van der Waals surface area contributed by atoms with Gasteiger partial charge in [-0.3, -0.25) is 9.59 Å². The summed E-state index contributed by atoms with van der Waals surface area (Å²) in [4.78, 5) is 29.1. The molecule has 1 N–H and O–H groups in total. The summed E-state index contributed by atoms with van der Waals surface area (Å²) in [5, 5.41) is 3.34. The van der Waals surface area contributed by atoms with Gasteiger partial charge in [0.05, 0.1) is 16.3 Å². The van der Waals surface area contributed by atoms with Crippen LogP contribution in [0, 0.1) is 0 Å². The van der Waals surface area contributed by atoms with Gasteiger partial charge in [0.15, 0.2) is 17.8 Å². The molecule has 0 radical (unpaired) electrons. The summed E-state index contributed by atoms with van der Waals surface area (Å²) in [5.74, 6) is -0.221. The fourth-order valence-corrected chi connectivity index (χ4v) is 2.36. The number of hydrogen-bond acceptors (Lipinski definition) is 6. The van der Waals surface area contributed by atoms with Crippen molar-refractivity contribution in [2.24, 2.45) is 0 Å². The highest BCUT2D eigenvalue weighted by atomic mass is 35.5. The van der Waals surface area contributed by atoms with Gasteiger partial charge in [-0.2, -0.15) is 0 Å². The second-order valence-corrected chi connectivity index (χ2v) is 5.51. The summed E-state index contributed by atoms with van der Waals surface area (Å²) >= 11 is 6.29. The Morgan fingerprint density at radius 1 is 1.50 bits per heavy atom. The number of carbonyl (C=O) groups excluding carboxylic acids is 2. The van der Waals surface area contributed by atoms with Crippen molar-refractivity contribution in [2.45, 2.75) is 13.3 Å². The van der Waals surface area contributed by atoms with Crippen molar-refractivity contribution in [3.05, 3.63) is 22.5 Å². The van der Waals surface area contributed by atoms with Crippen LogP contribution < -0.4 is 5.32 Å². The quantitative estimate of drug-likeness (QED) is 0.479. The van der Waals surface area contributed by atoms with Gasteiger partial charge in [0.25, 0.3) is 0 Å². The van der Waals surface area contributed by atoms with E-state index in [0.717, 1.165) is 6.54 Å². The average Bonchev–Trinajstić information content (AvgIpc) is 2.89. The number of halogens is 1. The maximum Gasteiger partial charge on any atom is 0.230 e. The fourth-order valence-electron chi connectivity index (χ4n) is 2.06. The molecule has 2 rings (SSSR count). The van der Waals surface area contributed by atoms with E-state index in [1.807, 2.05) is 25.9 Å². The number of anilines is 1. The van der Waals surface area contributed by atoms with Gasteiger partial charge in [0.1, 0.15) is 5.52 Å². The molecule has 0 bridgehead atoms. The van der Waals surface area contributed by atoms with Crippen molar-refractivity contribution in [3.8, 4) is 0 Å². The molecule has 2 aromatic rings. The lowest BCUT2D eigenvalue weighted by atomic mass is 10.1. The number of aldehydes is 1. The smallest absolute Gasteiger partial charge is 0.230 e. The zero-order valence-corrected chi connectivity index (χ0v) is 13.5. The average molecular weight is 324 g/mol. The first-order valence-corrected chi connectivity index (χ1v) is 7.35. The van der Waals surface area contributed by atoms with Crippen molar-refractivity contribution in [2.75, 3.05) is 32.5 Å². The van der Waals surface area contributed by atoms with Gasteiger partial charge >= 0.3 is 0 Å². The molecule has 0 saturated heterocycles. The van der Waals surface area contributed by atoms with Crippen molar-refractivity contribution in [1.29, 1.82) is 0 Å². The van der Waals surface area contributed by atoms with Crippen LogP contribution in [-0.2, 0) is 11.2 Å². The molecule has 1 aromatic carbocycles. The molecular weight excluding hydrogens is 306 g/mol. The Morgan fingerprint density at radius 3 is 2.82 bits per heavy atom. The Bertz CT molecular complexity index is 710. The number of nitrogens with one attached hydrogen (secondary N) is 1. The van der Waals surface area contributed by atoms with E-state index in [1.54, 1.807) is 6.07 Å². The van der Waals surface area contributed by atoms with E-state index >= 15 is 0 Å². The van der Waals surface area contributed by atoms with Gasteiger partial charge in [0.2, 0.25) is 5.78 Å². The summed E-state index contributed by atoms with van der Waals surface area (Å²) in [6.07, 6.45) is 0.822. The minimum Gasteiger partial charge on any atom is -0.440 e. The number of nitrogens with zero attached hydrogens (tertiary/aromatic N) is 2. The van der Waals surface area contributed by atoms with Crippen molar-refractivity contribution in [3.63, 3.8) is 0 Å². The van der Waals surface area contributed by atoms with Crippen molar-refractivity contribution in [1.82, 2.24) is 9.88 Å². The third-order valence-electron chi connectivity index (χ3n) is 3.19. The lowest BCUT2D eigenvalue weighted by Crippen LogP contribution is -2.21. The minimum atomic E-state index is -0.718. The van der Waals surface area contributed by atoms with Crippen LogP contribution in [-0.4, -0.2) is 49.1 Å². The first kappa shape index (κ1) is 16.5. The molecular formula is C15H18ClN3O3. The Balaban J connectivity index is 2.50. The van der Waals surface area contributed by atoms with Gasteiger partial charge in [-0.25, -0.2) is 4.98 Å². The lowest BCUT2D eigenvalue weighted by Gasteiger charge is -2.13. The molecule has 0 unspecified atom stereocenters. The second-order valence-electron chi connectivity index (χ2n) is 5.13. The van der Waals surface area contributed by atoms with Gasteiger partial charge in [-0.15, -0.1) is 0 Å². The molecule has 0 aliphatic carbocycles. The molecule has 1 heterocycles. The topological polar surface area (TPSA) is 75.4 Å². The summed E-state index contributed by atoms with van der Waals surface area (Å²) in [7, 11) is 3.91. The molecule has 118 valence electrons. The number of rotatable bonds is 7. The van der Waals surface area contributed by atoms with Gasteiger partial charge in [-0.1, -0.05) is 18.5 Å². The molecule has 0 fully saturated rings. The van der Waals surface area contributed by atoms with Crippen LogP contribution in [0.15, 0.2) is 10.5 Å². The Hall–Kier alpha value is -1.92. The normalized spacial score (nSPS) is 11.1. The molecule has 0 saturated carbocycles. The van der Waals surface area contributed by atoms with Crippen LogP contribution in [0.4, 0.5) is 5.69 Å². The first-order valence-electron chi connectivity index (χ1n) is 6.98. The maximum absolute atomic E-state index is 11.9. The van der Waals surface area contributed by atoms with E-state index in [1.165, 1.54) is 0 Å². The third-order valence-corrected chi connectivity index (χ3v) is 3.58. The largest absolute Gasteiger partial charge is 0.440 e. The third kappa shape index (κ3) is 3.28. The predicted octanol–water partition coefficient (Wildman–Crippen LogP) is 2.40. The van der Waals surface area contributed by atoms with Crippen LogP contribution in [0.25, 0.3) is 11.1 Å². The summed E-state index contributed by atoms with van der Waals surface area (Å²) < 4.78 is 5.54. The number of hydrogen-bond donors (Lipinski definition) is 1. The number of likely N-dealkylation sites (N-methyl/N-ethyl adjacent to an activating group) is 1. The number of aryl methyl sites for hydroxylation is 1. The molecule has 0 aliphatic rings. The Labute approximate surface area is 133 Å². The number of carbonyl (C=O) groups is 2. The Kier molecular flexibility index (Phi) is 5.15. The summed E-state index contributed by atoms with van der Waals surface area (Å²) in [5.41, 5.74) is 1.40. The molecule has 0 amide bonds. The highest BCUT2D eigenvalue weighted by molar-refractivity contribution is 6.45. The first-order chi connectivity index (χ1) is 10.5. The highest BCUT2D eigenvalue weighted by Gasteiger charge is 2.22. The van der Waals surface area contributed by atoms with Crippen molar-refractivity contribution >= 4 is 40.5 Å². The summed E-state index contributed by atoms with van der Waals surface area (Å²) in [6.45, 7) is 3.33. The standard InChI is InChI=1S/C15H18ClN3O3/c1-4-12-18-10-7-9(17-5-6-19(2)3)14(16)13(11(21)8-20)15(10)22-12/h7-8,17H,4-6H2,1-3H3. The zero-order valence-electron chi connectivity index (χ0n) is 12.8. The van der Waals surface area contributed by atoms with E-state index in [4.69, 9.17) is 16.0 Å². The Morgan fingerprint density at radius 2 is 2.23 bits per heavy atom. The number of aromatic nitrogens is 1. The molecule has 0 atom stereocenters. The number of benzene rings is 1. The molecule has 1 aromatic heterocycles. The van der Waals surface area contributed by atoms with E-state index < -0.39 is 5.78 Å². The lowest BCUT2D eigenvalue weighted by molar-refractivity contribution is -0.104. The van der Waals surface area contributed by atoms with Crippen LogP contribution in [0.1, 0.15) is 23.2 Å².